The zero-order valence-corrected chi connectivity index (χ0v) is 10.1. The maximum atomic E-state index is 5.59. The van der Waals surface area contributed by atoms with Crippen molar-refractivity contribution in [3.8, 4) is 0 Å². The molecule has 0 aromatic carbocycles. The van der Waals surface area contributed by atoms with Gasteiger partial charge >= 0.3 is 0 Å². The van der Waals surface area contributed by atoms with Crippen LogP contribution >= 0.6 is 15.9 Å². The molecule has 0 N–H and O–H groups in total. The third kappa shape index (κ3) is 8.50. The number of likely N-dealkylation sites (N-methyl/N-ethyl adjacent to an activating group) is 1. The molecule has 0 aliphatic carbocycles. The lowest BCUT2D eigenvalue weighted by Crippen LogP contribution is -2.29. The van der Waals surface area contributed by atoms with Gasteiger partial charge in [-0.25, -0.2) is 0 Å². The van der Waals surface area contributed by atoms with Crippen molar-refractivity contribution in [1.82, 2.24) is 4.90 Å². The fourth-order valence-electron chi connectivity index (χ4n) is 0.764. The first-order valence-electron chi connectivity index (χ1n) is 4.34. The Morgan fingerprint density at radius 1 is 1.25 bits per heavy atom. The van der Waals surface area contributed by atoms with Gasteiger partial charge in [0.15, 0.2) is 0 Å². The van der Waals surface area contributed by atoms with Gasteiger partial charge in [0.25, 0.3) is 0 Å². The number of hydrogen-bond donors (Lipinski definition) is 0. The van der Waals surface area contributed by atoms with Crippen molar-refractivity contribution >= 4 is 15.9 Å². The SMILES string of the molecule is CN(CCBr)CCOC(C)(C)C. The minimum absolute atomic E-state index is 0.00472. The van der Waals surface area contributed by atoms with Gasteiger partial charge in [-0.15, -0.1) is 0 Å². The fourth-order valence-corrected chi connectivity index (χ4v) is 1.37. The first kappa shape index (κ1) is 12.4. The molecule has 0 aromatic heterocycles. The molecule has 0 amide bonds. The van der Waals surface area contributed by atoms with Crippen LogP contribution in [0.4, 0.5) is 0 Å². The van der Waals surface area contributed by atoms with E-state index in [1.165, 1.54) is 0 Å². The fraction of sp³-hybridized carbons (Fsp3) is 1.00. The van der Waals surface area contributed by atoms with Gasteiger partial charge in [-0.1, -0.05) is 15.9 Å². The van der Waals surface area contributed by atoms with Gasteiger partial charge in [0.05, 0.1) is 12.2 Å². The summed E-state index contributed by atoms with van der Waals surface area (Å²) in [5.74, 6) is 0. The highest BCUT2D eigenvalue weighted by atomic mass is 79.9. The summed E-state index contributed by atoms with van der Waals surface area (Å²) in [6, 6.07) is 0. The highest BCUT2D eigenvalue weighted by Crippen LogP contribution is 2.05. The van der Waals surface area contributed by atoms with Gasteiger partial charge in [-0.2, -0.15) is 0 Å². The summed E-state index contributed by atoms with van der Waals surface area (Å²) in [4.78, 5) is 2.25. The molecule has 0 atom stereocenters. The molecule has 0 saturated heterocycles. The van der Waals surface area contributed by atoms with E-state index in [1.54, 1.807) is 0 Å². The van der Waals surface area contributed by atoms with E-state index in [0.29, 0.717) is 0 Å². The van der Waals surface area contributed by atoms with Crippen LogP contribution in [0.1, 0.15) is 20.8 Å². The van der Waals surface area contributed by atoms with E-state index < -0.39 is 0 Å². The minimum atomic E-state index is -0.00472. The Morgan fingerprint density at radius 2 is 1.83 bits per heavy atom. The lowest BCUT2D eigenvalue weighted by Gasteiger charge is -2.22. The molecule has 0 aliphatic heterocycles. The van der Waals surface area contributed by atoms with E-state index >= 15 is 0 Å². The molecule has 0 radical (unpaired) electrons. The number of hydrogen-bond acceptors (Lipinski definition) is 2. The minimum Gasteiger partial charge on any atom is -0.375 e. The monoisotopic (exact) mass is 237 g/mol. The zero-order valence-electron chi connectivity index (χ0n) is 8.56. The molecule has 0 aromatic rings. The van der Waals surface area contributed by atoms with Crippen LogP contribution in [0.3, 0.4) is 0 Å². The topological polar surface area (TPSA) is 12.5 Å². The quantitative estimate of drug-likeness (QED) is 0.680. The molecule has 0 heterocycles. The second-order valence-corrected chi connectivity index (χ2v) is 4.75. The van der Waals surface area contributed by atoms with Crippen molar-refractivity contribution in [3.63, 3.8) is 0 Å². The average molecular weight is 238 g/mol. The Labute approximate surface area is 84.4 Å². The lowest BCUT2D eigenvalue weighted by atomic mass is 10.2. The van der Waals surface area contributed by atoms with Gasteiger partial charge in [-0.05, 0) is 27.8 Å². The maximum Gasteiger partial charge on any atom is 0.0600 e. The van der Waals surface area contributed by atoms with Gasteiger partial charge in [0, 0.05) is 18.4 Å². The van der Waals surface area contributed by atoms with Crippen LogP contribution in [0.5, 0.6) is 0 Å². The predicted octanol–water partition coefficient (Wildman–Crippen LogP) is 2.13. The van der Waals surface area contributed by atoms with E-state index in [2.05, 4.69) is 48.6 Å². The van der Waals surface area contributed by atoms with Crippen LogP contribution in [0.25, 0.3) is 0 Å². The molecule has 0 rings (SSSR count). The summed E-state index contributed by atoms with van der Waals surface area (Å²) >= 11 is 3.40. The Kier molecular flexibility index (Phi) is 6.14. The van der Waals surface area contributed by atoms with Crippen LogP contribution in [0.2, 0.25) is 0 Å². The van der Waals surface area contributed by atoms with Gasteiger partial charge < -0.3 is 9.64 Å². The highest BCUT2D eigenvalue weighted by Gasteiger charge is 2.09. The smallest absolute Gasteiger partial charge is 0.0600 e. The van der Waals surface area contributed by atoms with E-state index in [1.807, 2.05) is 0 Å². The Morgan fingerprint density at radius 3 is 2.25 bits per heavy atom. The van der Waals surface area contributed by atoms with Crippen molar-refractivity contribution in [1.29, 1.82) is 0 Å². The second kappa shape index (κ2) is 5.95. The molecule has 0 unspecified atom stereocenters. The zero-order chi connectivity index (χ0) is 9.61. The summed E-state index contributed by atoms with van der Waals surface area (Å²) in [5, 5.41) is 1.03. The molecular weight excluding hydrogens is 218 g/mol. The molecule has 0 bridgehead atoms. The third-order valence-corrected chi connectivity index (χ3v) is 1.83. The second-order valence-electron chi connectivity index (χ2n) is 3.95. The average Bonchev–Trinajstić information content (AvgIpc) is 1.84. The molecule has 3 heteroatoms. The van der Waals surface area contributed by atoms with Crippen LogP contribution < -0.4 is 0 Å². The standard InChI is InChI=1S/C9H20BrNO/c1-9(2,3)12-8-7-11(4)6-5-10/h5-8H2,1-4H3. The number of nitrogens with zero attached hydrogens (tertiary/aromatic N) is 1. The van der Waals surface area contributed by atoms with E-state index in [4.69, 9.17) is 4.74 Å². The van der Waals surface area contributed by atoms with Gasteiger partial charge in [0.1, 0.15) is 0 Å². The first-order valence-corrected chi connectivity index (χ1v) is 5.46. The number of rotatable bonds is 5. The molecule has 2 nitrogen and oxygen atoms in total. The number of ether oxygens (including phenoxy) is 1. The molecular formula is C9H20BrNO. The number of halogens is 1. The summed E-state index contributed by atoms with van der Waals surface area (Å²) in [5.41, 5.74) is -0.00472. The Hall–Kier alpha value is 0.400. The molecule has 0 saturated carbocycles. The summed E-state index contributed by atoms with van der Waals surface area (Å²) in [6.07, 6.45) is 0. The summed E-state index contributed by atoms with van der Waals surface area (Å²) in [7, 11) is 2.10. The molecule has 74 valence electrons. The van der Waals surface area contributed by atoms with Crippen LogP contribution in [-0.4, -0.2) is 42.6 Å². The lowest BCUT2D eigenvalue weighted by molar-refractivity contribution is -0.0102. The third-order valence-electron chi connectivity index (χ3n) is 1.47. The molecule has 12 heavy (non-hydrogen) atoms. The van der Waals surface area contributed by atoms with E-state index in [0.717, 1.165) is 25.0 Å². The number of alkyl halides is 1. The normalized spacial score (nSPS) is 12.5. The van der Waals surface area contributed by atoms with Crippen molar-refractivity contribution in [2.75, 3.05) is 32.1 Å². The maximum absolute atomic E-state index is 5.59. The van der Waals surface area contributed by atoms with Crippen LogP contribution in [0, 0.1) is 0 Å². The van der Waals surface area contributed by atoms with Crippen molar-refractivity contribution in [3.05, 3.63) is 0 Å². The first-order chi connectivity index (χ1) is 5.45. The van der Waals surface area contributed by atoms with Crippen molar-refractivity contribution in [2.24, 2.45) is 0 Å². The molecule has 0 aliphatic rings. The Bertz CT molecular complexity index is 112. The highest BCUT2D eigenvalue weighted by molar-refractivity contribution is 9.09. The van der Waals surface area contributed by atoms with Gasteiger partial charge in [0.2, 0.25) is 0 Å². The van der Waals surface area contributed by atoms with Crippen molar-refractivity contribution in [2.45, 2.75) is 26.4 Å². The van der Waals surface area contributed by atoms with E-state index in [9.17, 15) is 0 Å². The molecule has 0 fully saturated rings. The summed E-state index contributed by atoms with van der Waals surface area (Å²) in [6.45, 7) is 9.13. The van der Waals surface area contributed by atoms with Gasteiger partial charge in [-0.3, -0.25) is 0 Å². The van der Waals surface area contributed by atoms with E-state index in [-0.39, 0.29) is 5.60 Å². The van der Waals surface area contributed by atoms with Crippen LogP contribution in [-0.2, 0) is 4.74 Å². The van der Waals surface area contributed by atoms with Crippen molar-refractivity contribution < 1.29 is 4.74 Å². The largest absolute Gasteiger partial charge is 0.375 e. The Balaban J connectivity index is 3.31. The molecule has 0 spiro atoms. The predicted molar refractivity (Wildman–Crippen MR) is 57.0 cm³/mol. The summed E-state index contributed by atoms with van der Waals surface area (Å²) < 4.78 is 5.59. The van der Waals surface area contributed by atoms with Crippen LogP contribution in [0.15, 0.2) is 0 Å².